The molecular formula is C22H23N3O3. The van der Waals surface area contributed by atoms with E-state index in [1.807, 2.05) is 48.5 Å². The van der Waals surface area contributed by atoms with Crippen molar-refractivity contribution >= 4 is 17.3 Å². The van der Waals surface area contributed by atoms with Gasteiger partial charge in [0.25, 0.3) is 5.91 Å². The second-order valence-corrected chi connectivity index (χ2v) is 6.10. The van der Waals surface area contributed by atoms with Crippen LogP contribution in [0.3, 0.4) is 0 Å². The summed E-state index contributed by atoms with van der Waals surface area (Å²) in [6.45, 7) is 1.79. The molecule has 28 heavy (non-hydrogen) atoms. The smallest absolute Gasteiger partial charge is 0.274 e. The summed E-state index contributed by atoms with van der Waals surface area (Å²) >= 11 is 0. The van der Waals surface area contributed by atoms with Gasteiger partial charge in [-0.1, -0.05) is 30.3 Å². The van der Waals surface area contributed by atoms with Crippen LogP contribution in [0.2, 0.25) is 0 Å². The van der Waals surface area contributed by atoms with Crippen LogP contribution in [0.1, 0.15) is 16.1 Å². The number of hydrogen-bond donors (Lipinski definition) is 2. The molecule has 6 nitrogen and oxygen atoms in total. The maximum Gasteiger partial charge on any atom is 0.274 e. The van der Waals surface area contributed by atoms with Gasteiger partial charge in [-0.15, -0.1) is 0 Å². The van der Waals surface area contributed by atoms with E-state index in [-0.39, 0.29) is 5.91 Å². The normalized spacial score (nSPS) is 10.3. The SMILES string of the molecule is COCCNc1ccc(C(=O)Nc2ccc(OCc3ccccc3)cc2)nc1. The van der Waals surface area contributed by atoms with Crippen LogP contribution in [0.5, 0.6) is 5.75 Å². The molecule has 1 aromatic heterocycles. The third-order valence-corrected chi connectivity index (χ3v) is 3.99. The van der Waals surface area contributed by atoms with Gasteiger partial charge in [0.15, 0.2) is 0 Å². The first-order valence-electron chi connectivity index (χ1n) is 9.01. The number of hydrogen-bond acceptors (Lipinski definition) is 5. The first kappa shape index (κ1) is 19.4. The van der Waals surface area contributed by atoms with E-state index in [1.165, 1.54) is 0 Å². The van der Waals surface area contributed by atoms with E-state index in [2.05, 4.69) is 15.6 Å². The number of carbonyl (C=O) groups is 1. The number of nitrogens with zero attached hydrogens (tertiary/aromatic N) is 1. The van der Waals surface area contributed by atoms with E-state index in [0.29, 0.717) is 31.1 Å². The second kappa shape index (κ2) is 10.1. The van der Waals surface area contributed by atoms with E-state index in [4.69, 9.17) is 9.47 Å². The van der Waals surface area contributed by atoms with Gasteiger partial charge in [-0.3, -0.25) is 4.79 Å². The summed E-state index contributed by atoms with van der Waals surface area (Å²) in [4.78, 5) is 16.5. The largest absolute Gasteiger partial charge is 0.489 e. The molecule has 0 fully saturated rings. The summed E-state index contributed by atoms with van der Waals surface area (Å²) in [5.41, 5.74) is 2.97. The predicted molar refractivity (Wildman–Crippen MR) is 110 cm³/mol. The summed E-state index contributed by atoms with van der Waals surface area (Å²) in [6.07, 6.45) is 1.63. The van der Waals surface area contributed by atoms with E-state index < -0.39 is 0 Å². The van der Waals surface area contributed by atoms with Gasteiger partial charge < -0.3 is 20.1 Å². The molecule has 144 valence electrons. The maximum atomic E-state index is 12.3. The molecule has 0 saturated carbocycles. The van der Waals surface area contributed by atoms with Gasteiger partial charge in [-0.25, -0.2) is 4.98 Å². The van der Waals surface area contributed by atoms with Crippen molar-refractivity contribution in [2.75, 3.05) is 30.9 Å². The van der Waals surface area contributed by atoms with Crippen molar-refractivity contribution in [3.05, 3.63) is 84.2 Å². The van der Waals surface area contributed by atoms with E-state index >= 15 is 0 Å². The number of amides is 1. The molecule has 0 aliphatic rings. The van der Waals surface area contributed by atoms with Crippen LogP contribution in [0.15, 0.2) is 72.9 Å². The highest BCUT2D eigenvalue weighted by Crippen LogP contribution is 2.18. The number of nitrogens with one attached hydrogen (secondary N) is 2. The summed E-state index contributed by atoms with van der Waals surface area (Å²) in [5.74, 6) is 0.479. The highest BCUT2D eigenvalue weighted by molar-refractivity contribution is 6.02. The van der Waals surface area contributed by atoms with Crippen LogP contribution < -0.4 is 15.4 Å². The predicted octanol–water partition coefficient (Wildman–Crippen LogP) is 3.97. The number of anilines is 2. The Morgan fingerprint density at radius 2 is 1.71 bits per heavy atom. The van der Waals surface area contributed by atoms with Crippen molar-refractivity contribution in [3.63, 3.8) is 0 Å². The minimum absolute atomic E-state index is 0.263. The van der Waals surface area contributed by atoms with Crippen molar-refractivity contribution in [1.29, 1.82) is 0 Å². The van der Waals surface area contributed by atoms with Crippen molar-refractivity contribution in [1.82, 2.24) is 4.98 Å². The molecular weight excluding hydrogens is 354 g/mol. The summed E-state index contributed by atoms with van der Waals surface area (Å²) in [6, 6.07) is 20.7. The van der Waals surface area contributed by atoms with E-state index in [1.54, 1.807) is 31.5 Å². The number of carbonyl (C=O) groups excluding carboxylic acids is 1. The molecule has 0 bridgehead atoms. The van der Waals surface area contributed by atoms with E-state index in [0.717, 1.165) is 17.0 Å². The lowest BCUT2D eigenvalue weighted by Gasteiger charge is -2.09. The Bertz CT molecular complexity index is 866. The topological polar surface area (TPSA) is 72.5 Å². The number of benzene rings is 2. The van der Waals surface area contributed by atoms with Crippen molar-refractivity contribution in [2.45, 2.75) is 6.61 Å². The van der Waals surface area contributed by atoms with Crippen LogP contribution >= 0.6 is 0 Å². The molecule has 1 heterocycles. The molecule has 0 aliphatic carbocycles. The molecule has 2 aromatic carbocycles. The minimum Gasteiger partial charge on any atom is -0.489 e. The fraction of sp³-hybridized carbons (Fsp3) is 0.182. The van der Waals surface area contributed by atoms with Crippen LogP contribution in [0, 0.1) is 0 Å². The van der Waals surface area contributed by atoms with Gasteiger partial charge in [-0.2, -0.15) is 0 Å². The lowest BCUT2D eigenvalue weighted by molar-refractivity contribution is 0.102. The number of rotatable bonds is 9. The maximum absolute atomic E-state index is 12.3. The average molecular weight is 377 g/mol. The van der Waals surface area contributed by atoms with Crippen LogP contribution in [0.4, 0.5) is 11.4 Å². The third-order valence-electron chi connectivity index (χ3n) is 3.99. The monoisotopic (exact) mass is 377 g/mol. The minimum atomic E-state index is -0.263. The third kappa shape index (κ3) is 5.82. The van der Waals surface area contributed by atoms with Gasteiger partial charge >= 0.3 is 0 Å². The summed E-state index contributed by atoms with van der Waals surface area (Å²) in [5, 5.41) is 5.99. The van der Waals surface area contributed by atoms with Crippen LogP contribution in [-0.2, 0) is 11.3 Å². The Labute approximate surface area is 164 Å². The van der Waals surface area contributed by atoms with Gasteiger partial charge in [0.05, 0.1) is 18.5 Å². The molecule has 2 N–H and O–H groups in total. The molecule has 3 aromatic rings. The van der Waals surface area contributed by atoms with E-state index in [9.17, 15) is 4.79 Å². The van der Waals surface area contributed by atoms with Gasteiger partial charge in [0.1, 0.15) is 18.1 Å². The fourth-order valence-corrected chi connectivity index (χ4v) is 2.50. The Morgan fingerprint density at radius 1 is 0.964 bits per heavy atom. The Kier molecular flexibility index (Phi) is 6.98. The van der Waals surface area contributed by atoms with Gasteiger partial charge in [0, 0.05) is 19.3 Å². The molecule has 1 amide bonds. The lowest BCUT2D eigenvalue weighted by Crippen LogP contribution is -2.14. The molecule has 3 rings (SSSR count). The van der Waals surface area contributed by atoms with Crippen molar-refractivity contribution in [2.24, 2.45) is 0 Å². The number of pyridine rings is 1. The Balaban J connectivity index is 1.51. The zero-order chi connectivity index (χ0) is 19.6. The highest BCUT2D eigenvalue weighted by Gasteiger charge is 2.08. The molecule has 0 unspecified atom stereocenters. The quantitative estimate of drug-likeness (QED) is 0.552. The zero-order valence-electron chi connectivity index (χ0n) is 15.7. The summed E-state index contributed by atoms with van der Waals surface area (Å²) in [7, 11) is 1.65. The second-order valence-electron chi connectivity index (χ2n) is 6.10. The number of ether oxygens (including phenoxy) is 2. The Morgan fingerprint density at radius 3 is 2.39 bits per heavy atom. The highest BCUT2D eigenvalue weighted by atomic mass is 16.5. The molecule has 0 atom stereocenters. The molecule has 0 saturated heterocycles. The molecule has 0 aliphatic heterocycles. The van der Waals surface area contributed by atoms with Gasteiger partial charge in [-0.05, 0) is 42.0 Å². The first-order chi connectivity index (χ1) is 13.7. The first-order valence-corrected chi connectivity index (χ1v) is 9.01. The summed E-state index contributed by atoms with van der Waals surface area (Å²) < 4.78 is 10.7. The standard InChI is InChI=1S/C22H23N3O3/c1-27-14-13-23-19-9-12-21(24-15-19)22(26)25-18-7-10-20(11-8-18)28-16-17-5-3-2-4-6-17/h2-12,15,23H,13-14,16H2,1H3,(H,25,26). The van der Waals surface area contributed by atoms with Crippen LogP contribution in [-0.4, -0.2) is 31.2 Å². The van der Waals surface area contributed by atoms with Crippen LogP contribution in [0.25, 0.3) is 0 Å². The number of aromatic nitrogens is 1. The average Bonchev–Trinajstić information content (AvgIpc) is 2.75. The molecule has 0 radical (unpaired) electrons. The Hall–Kier alpha value is -3.38. The van der Waals surface area contributed by atoms with Crippen molar-refractivity contribution < 1.29 is 14.3 Å². The van der Waals surface area contributed by atoms with Gasteiger partial charge in [0.2, 0.25) is 0 Å². The fourth-order valence-electron chi connectivity index (χ4n) is 2.50. The molecule has 0 spiro atoms. The van der Waals surface area contributed by atoms with Crippen molar-refractivity contribution in [3.8, 4) is 5.75 Å². The lowest BCUT2D eigenvalue weighted by atomic mass is 10.2. The zero-order valence-corrected chi connectivity index (χ0v) is 15.7. The molecule has 6 heteroatoms. The number of methoxy groups -OCH3 is 1.